The van der Waals surface area contributed by atoms with E-state index < -0.39 is 11.7 Å². The molecule has 0 radical (unpaired) electrons. The van der Waals surface area contributed by atoms with Gasteiger partial charge in [0.05, 0.1) is 5.56 Å². The van der Waals surface area contributed by atoms with Gasteiger partial charge in [-0.3, -0.25) is 9.59 Å². The van der Waals surface area contributed by atoms with Crippen molar-refractivity contribution in [2.24, 2.45) is 5.92 Å². The highest BCUT2D eigenvalue weighted by Gasteiger charge is 2.16. The quantitative estimate of drug-likeness (QED) is 0.758. The molecule has 1 unspecified atom stereocenters. The smallest absolute Gasteiger partial charge is 0.258 e. The number of carbonyl (C=O) groups is 2. The van der Waals surface area contributed by atoms with Crippen molar-refractivity contribution in [3.8, 4) is 0 Å². The number of hydrogen-bond acceptors (Lipinski definition) is 3. The maximum Gasteiger partial charge on any atom is 0.258 e. The van der Waals surface area contributed by atoms with Crippen LogP contribution in [0.1, 0.15) is 39.1 Å². The Balaban J connectivity index is 1.67. The second-order valence-corrected chi connectivity index (χ2v) is 6.89. The largest absolute Gasteiger partial charge is 0.352 e. The number of piperidine rings is 1. The summed E-state index contributed by atoms with van der Waals surface area (Å²) in [4.78, 5) is 24.8. The summed E-state index contributed by atoms with van der Waals surface area (Å²) in [7, 11) is 0. The van der Waals surface area contributed by atoms with Crippen LogP contribution in [0.25, 0.3) is 0 Å². The fourth-order valence-electron chi connectivity index (χ4n) is 3.17. The highest BCUT2D eigenvalue weighted by molar-refractivity contribution is 6.05. The summed E-state index contributed by atoms with van der Waals surface area (Å²) in [5.74, 6) is -0.861. The van der Waals surface area contributed by atoms with Gasteiger partial charge in [0.1, 0.15) is 5.82 Å². The number of anilines is 1. The van der Waals surface area contributed by atoms with E-state index in [0.29, 0.717) is 23.7 Å². The van der Waals surface area contributed by atoms with Gasteiger partial charge in [0.2, 0.25) is 0 Å². The molecule has 6 heteroatoms. The molecule has 1 fully saturated rings. The van der Waals surface area contributed by atoms with Gasteiger partial charge in [0.15, 0.2) is 0 Å². The van der Waals surface area contributed by atoms with Gasteiger partial charge in [-0.05, 0) is 68.6 Å². The van der Waals surface area contributed by atoms with Crippen LogP contribution < -0.4 is 16.0 Å². The molecule has 2 aromatic carbocycles. The van der Waals surface area contributed by atoms with Crippen molar-refractivity contribution in [2.45, 2.75) is 19.8 Å². The van der Waals surface area contributed by atoms with Crippen LogP contribution in [0.5, 0.6) is 0 Å². The maximum atomic E-state index is 13.8. The number of carbonyl (C=O) groups excluding carboxylic acids is 2. The lowest BCUT2D eigenvalue weighted by atomic mass is 9.99. The zero-order valence-electron chi connectivity index (χ0n) is 15.3. The normalized spacial score (nSPS) is 16.6. The summed E-state index contributed by atoms with van der Waals surface area (Å²) >= 11 is 0. The topological polar surface area (TPSA) is 70.2 Å². The third-order valence-corrected chi connectivity index (χ3v) is 4.82. The van der Waals surface area contributed by atoms with Gasteiger partial charge in [-0.2, -0.15) is 0 Å². The maximum absolute atomic E-state index is 13.8. The molecule has 2 aromatic rings. The highest BCUT2D eigenvalue weighted by atomic mass is 19.1. The third-order valence-electron chi connectivity index (χ3n) is 4.82. The summed E-state index contributed by atoms with van der Waals surface area (Å²) in [5.41, 5.74) is 1.73. The molecule has 0 spiro atoms. The minimum atomic E-state index is -0.581. The molecule has 1 saturated heterocycles. The first-order valence-corrected chi connectivity index (χ1v) is 9.20. The Morgan fingerprint density at radius 2 is 2.00 bits per heavy atom. The number of halogens is 1. The minimum Gasteiger partial charge on any atom is -0.352 e. The Hall–Kier alpha value is -2.73. The van der Waals surface area contributed by atoms with Crippen molar-refractivity contribution < 1.29 is 14.0 Å². The molecule has 5 nitrogen and oxygen atoms in total. The summed E-state index contributed by atoms with van der Waals surface area (Å²) in [6.45, 7) is 4.40. The van der Waals surface area contributed by atoms with E-state index in [4.69, 9.17) is 0 Å². The second kappa shape index (κ2) is 8.77. The highest BCUT2D eigenvalue weighted by Crippen LogP contribution is 2.19. The van der Waals surface area contributed by atoms with E-state index in [1.165, 1.54) is 18.2 Å². The number of aryl methyl sites for hydroxylation is 1. The summed E-state index contributed by atoms with van der Waals surface area (Å²) in [6.07, 6.45) is 2.22. The first kappa shape index (κ1) is 19.0. The van der Waals surface area contributed by atoms with Crippen molar-refractivity contribution >= 4 is 17.5 Å². The lowest BCUT2D eigenvalue weighted by molar-refractivity contribution is 0.0943. The first-order chi connectivity index (χ1) is 13.0. The number of rotatable bonds is 5. The molecule has 0 saturated carbocycles. The fourth-order valence-corrected chi connectivity index (χ4v) is 3.17. The zero-order chi connectivity index (χ0) is 19.2. The minimum absolute atomic E-state index is 0.0310. The summed E-state index contributed by atoms with van der Waals surface area (Å²) in [5, 5.41) is 8.98. The van der Waals surface area contributed by atoms with Gasteiger partial charge >= 0.3 is 0 Å². The molecule has 1 heterocycles. The van der Waals surface area contributed by atoms with E-state index >= 15 is 0 Å². The van der Waals surface area contributed by atoms with E-state index in [1.807, 2.05) is 6.92 Å². The predicted molar refractivity (Wildman–Crippen MR) is 103 cm³/mol. The van der Waals surface area contributed by atoms with Crippen molar-refractivity contribution in [1.29, 1.82) is 0 Å². The lowest BCUT2D eigenvalue weighted by Crippen LogP contribution is -2.38. The van der Waals surface area contributed by atoms with Gasteiger partial charge in [-0.1, -0.05) is 18.2 Å². The Morgan fingerprint density at radius 3 is 2.74 bits per heavy atom. The van der Waals surface area contributed by atoms with Crippen LogP contribution in [0.15, 0.2) is 42.5 Å². The van der Waals surface area contributed by atoms with Crippen LogP contribution in [0.2, 0.25) is 0 Å². The molecule has 1 aliphatic heterocycles. The summed E-state index contributed by atoms with van der Waals surface area (Å²) in [6, 6.07) is 10.9. The Bertz CT molecular complexity index is 832. The average molecular weight is 369 g/mol. The fraction of sp³-hybridized carbons (Fsp3) is 0.333. The number of nitrogens with one attached hydrogen (secondary N) is 3. The van der Waals surface area contributed by atoms with Crippen LogP contribution in [0, 0.1) is 18.7 Å². The third kappa shape index (κ3) is 4.92. The standard InChI is InChI=1S/C21H24FN3O2/c1-14-8-9-16(20(26)24-13-15-5-4-10-23-12-15)11-19(14)25-21(27)17-6-2-3-7-18(17)22/h2-3,6-9,11,15,23H,4-5,10,12-13H2,1H3,(H,24,26)(H,25,27). The molecule has 0 aromatic heterocycles. The number of hydrogen-bond donors (Lipinski definition) is 3. The van der Waals surface area contributed by atoms with E-state index in [0.717, 1.165) is 31.5 Å². The molecule has 0 bridgehead atoms. The monoisotopic (exact) mass is 369 g/mol. The number of amides is 2. The van der Waals surface area contributed by atoms with E-state index in [1.54, 1.807) is 24.3 Å². The van der Waals surface area contributed by atoms with Crippen LogP contribution in [-0.4, -0.2) is 31.4 Å². The van der Waals surface area contributed by atoms with Gasteiger partial charge < -0.3 is 16.0 Å². The molecule has 27 heavy (non-hydrogen) atoms. The molecule has 1 aliphatic rings. The average Bonchev–Trinajstić information content (AvgIpc) is 2.69. The van der Waals surface area contributed by atoms with Gasteiger partial charge in [0, 0.05) is 17.8 Å². The summed E-state index contributed by atoms with van der Waals surface area (Å²) < 4.78 is 13.8. The van der Waals surface area contributed by atoms with Gasteiger partial charge in [0.25, 0.3) is 11.8 Å². The number of benzene rings is 2. The molecular weight excluding hydrogens is 345 g/mol. The van der Waals surface area contributed by atoms with Crippen molar-refractivity contribution in [3.63, 3.8) is 0 Å². The molecule has 2 amide bonds. The van der Waals surface area contributed by atoms with Crippen LogP contribution >= 0.6 is 0 Å². The van der Waals surface area contributed by atoms with E-state index in [2.05, 4.69) is 16.0 Å². The van der Waals surface area contributed by atoms with Crippen molar-refractivity contribution in [3.05, 3.63) is 65.0 Å². The Labute approximate surface area is 158 Å². The molecule has 0 aliphatic carbocycles. The van der Waals surface area contributed by atoms with E-state index in [9.17, 15) is 14.0 Å². The first-order valence-electron chi connectivity index (χ1n) is 9.20. The van der Waals surface area contributed by atoms with Gasteiger partial charge in [-0.15, -0.1) is 0 Å². The predicted octanol–water partition coefficient (Wildman–Crippen LogP) is 3.12. The van der Waals surface area contributed by atoms with Crippen LogP contribution in [0.3, 0.4) is 0 Å². The lowest BCUT2D eigenvalue weighted by Gasteiger charge is -2.23. The second-order valence-electron chi connectivity index (χ2n) is 6.89. The molecule has 3 rings (SSSR count). The molecule has 142 valence electrons. The van der Waals surface area contributed by atoms with Gasteiger partial charge in [-0.25, -0.2) is 4.39 Å². The van der Waals surface area contributed by atoms with Crippen LogP contribution in [0.4, 0.5) is 10.1 Å². The van der Waals surface area contributed by atoms with Crippen LogP contribution in [-0.2, 0) is 0 Å². The molecule has 3 N–H and O–H groups in total. The Morgan fingerprint density at radius 1 is 1.19 bits per heavy atom. The Kier molecular flexibility index (Phi) is 6.19. The van der Waals surface area contributed by atoms with Crippen molar-refractivity contribution in [1.82, 2.24) is 10.6 Å². The van der Waals surface area contributed by atoms with Crippen molar-refractivity contribution in [2.75, 3.05) is 25.0 Å². The molecule has 1 atom stereocenters. The zero-order valence-corrected chi connectivity index (χ0v) is 15.3. The SMILES string of the molecule is Cc1ccc(C(=O)NCC2CCCNC2)cc1NC(=O)c1ccccc1F. The molecular formula is C21H24FN3O2. The van der Waals surface area contributed by atoms with E-state index in [-0.39, 0.29) is 11.5 Å².